The molecule has 0 radical (unpaired) electrons. The molecular formula is C19H22N2O11. The largest absolute Gasteiger partial charge is 0.459 e. The summed E-state index contributed by atoms with van der Waals surface area (Å²) >= 11 is 0. The maximum absolute atomic E-state index is 11.8. The number of nitro benzene ring substituents is 1. The van der Waals surface area contributed by atoms with Crippen molar-refractivity contribution in [3.05, 3.63) is 34.4 Å². The Bertz CT molecular complexity index is 918. The SMILES string of the molecule is CC(=O)OC[C@]1(OC(C)=O)O[C@H](Nc2ccccc2[N+](=O)[O-])[C@@H](OC(C)=O)[C@@H]1OC(C)=O. The molecule has 1 N–H and O–H groups in total. The third-order valence-corrected chi connectivity index (χ3v) is 4.14. The van der Waals surface area contributed by atoms with Gasteiger partial charge in [-0.15, -0.1) is 0 Å². The summed E-state index contributed by atoms with van der Waals surface area (Å²) in [5.41, 5.74) is -0.348. The molecule has 1 aliphatic rings. The van der Waals surface area contributed by atoms with E-state index in [0.717, 1.165) is 27.7 Å². The Kier molecular flexibility index (Phi) is 7.70. The number of nitro groups is 1. The van der Waals surface area contributed by atoms with Crippen LogP contribution in [0.1, 0.15) is 27.7 Å². The van der Waals surface area contributed by atoms with Gasteiger partial charge in [0.05, 0.1) is 4.92 Å². The van der Waals surface area contributed by atoms with Crippen molar-refractivity contribution >= 4 is 35.3 Å². The summed E-state index contributed by atoms with van der Waals surface area (Å²) in [7, 11) is 0. The zero-order chi connectivity index (χ0) is 24.1. The van der Waals surface area contributed by atoms with Crippen LogP contribution in [0.25, 0.3) is 0 Å². The second kappa shape index (κ2) is 10.0. The fraction of sp³-hybridized carbons (Fsp3) is 0.474. The van der Waals surface area contributed by atoms with Crippen LogP contribution in [0.3, 0.4) is 0 Å². The van der Waals surface area contributed by atoms with Crippen molar-refractivity contribution < 1.29 is 47.8 Å². The molecule has 13 heteroatoms. The number of esters is 4. The van der Waals surface area contributed by atoms with Crippen LogP contribution < -0.4 is 5.32 Å². The third kappa shape index (κ3) is 5.91. The normalized spacial score (nSPS) is 24.2. The predicted molar refractivity (Wildman–Crippen MR) is 104 cm³/mol. The minimum atomic E-state index is -2.20. The molecule has 13 nitrogen and oxygen atoms in total. The zero-order valence-corrected chi connectivity index (χ0v) is 17.7. The van der Waals surface area contributed by atoms with E-state index in [1.165, 1.54) is 24.3 Å². The van der Waals surface area contributed by atoms with Gasteiger partial charge in [-0.2, -0.15) is 0 Å². The first kappa shape index (κ1) is 24.5. The van der Waals surface area contributed by atoms with Crippen LogP contribution in [0.15, 0.2) is 24.3 Å². The fourth-order valence-electron chi connectivity index (χ4n) is 3.10. The van der Waals surface area contributed by atoms with Crippen LogP contribution in [-0.4, -0.2) is 59.6 Å². The lowest BCUT2D eigenvalue weighted by Gasteiger charge is -2.32. The summed E-state index contributed by atoms with van der Waals surface area (Å²) in [6.45, 7) is 3.53. The van der Waals surface area contributed by atoms with Gasteiger partial charge >= 0.3 is 23.9 Å². The van der Waals surface area contributed by atoms with Gasteiger partial charge in [0.15, 0.2) is 18.9 Å². The molecule has 0 unspecified atom stereocenters. The topological polar surface area (TPSA) is 170 Å². The van der Waals surface area contributed by atoms with Crippen LogP contribution in [-0.2, 0) is 42.9 Å². The van der Waals surface area contributed by atoms with E-state index >= 15 is 0 Å². The molecule has 4 atom stereocenters. The Hall–Kier alpha value is -3.74. The molecule has 2 rings (SSSR count). The molecule has 0 spiro atoms. The first-order valence-corrected chi connectivity index (χ1v) is 9.30. The molecule has 1 heterocycles. The van der Waals surface area contributed by atoms with Crippen molar-refractivity contribution in [2.45, 2.75) is 51.9 Å². The van der Waals surface area contributed by atoms with E-state index in [0.29, 0.717) is 0 Å². The van der Waals surface area contributed by atoms with E-state index in [1.807, 2.05) is 0 Å². The molecule has 0 bridgehead atoms. The van der Waals surface area contributed by atoms with Crippen molar-refractivity contribution in [3.63, 3.8) is 0 Å². The maximum Gasteiger partial charge on any atom is 0.305 e. The molecule has 1 saturated heterocycles. The minimum absolute atomic E-state index is 0.0210. The number of anilines is 1. The van der Waals surface area contributed by atoms with Gasteiger partial charge in [0.1, 0.15) is 5.69 Å². The van der Waals surface area contributed by atoms with Gasteiger partial charge in [-0.1, -0.05) is 12.1 Å². The molecule has 0 saturated carbocycles. The summed E-state index contributed by atoms with van der Waals surface area (Å²) < 4.78 is 26.4. The van der Waals surface area contributed by atoms with E-state index in [9.17, 15) is 29.3 Å². The molecule has 1 fully saturated rings. The van der Waals surface area contributed by atoms with Gasteiger partial charge < -0.3 is 29.0 Å². The lowest BCUT2D eigenvalue weighted by molar-refractivity contribution is -0.384. The third-order valence-electron chi connectivity index (χ3n) is 4.14. The van der Waals surface area contributed by atoms with Crippen molar-refractivity contribution in [2.24, 2.45) is 0 Å². The van der Waals surface area contributed by atoms with E-state index in [4.69, 9.17) is 23.7 Å². The van der Waals surface area contributed by atoms with Crippen LogP contribution in [0.4, 0.5) is 11.4 Å². The second-order valence-electron chi connectivity index (χ2n) is 6.75. The molecule has 174 valence electrons. The summed E-state index contributed by atoms with van der Waals surface area (Å²) in [6, 6.07) is 5.53. The maximum atomic E-state index is 11.8. The second-order valence-corrected chi connectivity index (χ2v) is 6.75. The Balaban J connectivity index is 2.55. The van der Waals surface area contributed by atoms with E-state index in [1.54, 1.807) is 0 Å². The number of nitrogens with zero attached hydrogens (tertiary/aromatic N) is 1. The number of rotatable bonds is 8. The summed E-state index contributed by atoms with van der Waals surface area (Å²) in [6.07, 6.45) is -4.42. The number of hydrogen-bond donors (Lipinski definition) is 1. The highest BCUT2D eigenvalue weighted by atomic mass is 16.8. The summed E-state index contributed by atoms with van der Waals surface area (Å²) in [5, 5.41) is 14.1. The van der Waals surface area contributed by atoms with Gasteiger partial charge in [-0.05, 0) is 6.07 Å². The van der Waals surface area contributed by atoms with Gasteiger partial charge in [0.25, 0.3) is 11.5 Å². The molecule has 0 aliphatic carbocycles. The number of carbonyl (C=O) groups is 4. The average molecular weight is 454 g/mol. The number of carbonyl (C=O) groups excluding carboxylic acids is 4. The molecule has 1 aromatic carbocycles. The van der Waals surface area contributed by atoms with Gasteiger partial charge in [-0.3, -0.25) is 29.3 Å². The first-order chi connectivity index (χ1) is 14.9. The summed E-state index contributed by atoms with van der Waals surface area (Å²) in [4.78, 5) is 57.5. The lowest BCUT2D eigenvalue weighted by atomic mass is 10.1. The van der Waals surface area contributed by atoms with Gasteiger partial charge in [0, 0.05) is 33.8 Å². The number of ether oxygens (including phenoxy) is 5. The van der Waals surface area contributed by atoms with Crippen LogP contribution in [0.2, 0.25) is 0 Å². The predicted octanol–water partition coefficient (Wildman–Crippen LogP) is 1.05. The van der Waals surface area contributed by atoms with Crippen LogP contribution >= 0.6 is 0 Å². The number of nitrogens with one attached hydrogen (secondary N) is 1. The van der Waals surface area contributed by atoms with Crippen molar-refractivity contribution in [2.75, 3.05) is 11.9 Å². The molecule has 0 amide bonds. The number of para-hydroxylation sites is 2. The quantitative estimate of drug-likeness (QED) is 0.257. The number of hydrogen-bond acceptors (Lipinski definition) is 12. The molecule has 0 aromatic heterocycles. The highest BCUT2D eigenvalue weighted by Crippen LogP contribution is 2.39. The molecule has 1 aliphatic heterocycles. The molecular weight excluding hydrogens is 432 g/mol. The Morgan fingerprint density at radius 3 is 2.19 bits per heavy atom. The van der Waals surface area contributed by atoms with Crippen LogP contribution in [0, 0.1) is 10.1 Å². The average Bonchev–Trinajstić information content (AvgIpc) is 2.92. The number of benzene rings is 1. The first-order valence-electron chi connectivity index (χ1n) is 9.30. The minimum Gasteiger partial charge on any atom is -0.459 e. The zero-order valence-electron chi connectivity index (χ0n) is 17.7. The van der Waals surface area contributed by atoms with Gasteiger partial charge in [-0.25, -0.2) is 0 Å². The Morgan fingerprint density at radius 2 is 1.66 bits per heavy atom. The standard InChI is InChI=1S/C19H22N2O11/c1-10(22)28-9-19(31-13(4)25)17(30-12(3)24)16(29-11(2)23)18(32-19)20-14-7-5-6-8-15(14)21(26)27/h5-8,16-18,20H,9H2,1-4H3/t16-,17-,18-,19-/m0/s1. The Morgan fingerprint density at radius 1 is 1.03 bits per heavy atom. The van der Waals surface area contributed by atoms with E-state index in [-0.39, 0.29) is 11.4 Å². The monoisotopic (exact) mass is 454 g/mol. The van der Waals surface area contributed by atoms with Crippen LogP contribution in [0.5, 0.6) is 0 Å². The van der Waals surface area contributed by atoms with Crippen molar-refractivity contribution in [3.8, 4) is 0 Å². The molecule has 1 aromatic rings. The van der Waals surface area contributed by atoms with Gasteiger partial charge in [0.2, 0.25) is 6.10 Å². The lowest BCUT2D eigenvalue weighted by Crippen LogP contribution is -2.53. The smallest absolute Gasteiger partial charge is 0.305 e. The van der Waals surface area contributed by atoms with Crippen molar-refractivity contribution in [1.82, 2.24) is 0 Å². The van der Waals surface area contributed by atoms with E-state index in [2.05, 4.69) is 5.32 Å². The van der Waals surface area contributed by atoms with E-state index < -0.39 is 59.6 Å². The molecule has 32 heavy (non-hydrogen) atoms. The Labute approximate surface area is 182 Å². The van der Waals surface area contributed by atoms with Crippen molar-refractivity contribution in [1.29, 1.82) is 0 Å². The highest BCUT2D eigenvalue weighted by molar-refractivity contribution is 5.70. The summed E-state index contributed by atoms with van der Waals surface area (Å²) in [5.74, 6) is -5.51. The highest BCUT2D eigenvalue weighted by Gasteiger charge is 2.63. The fourth-order valence-corrected chi connectivity index (χ4v) is 3.10.